The minimum atomic E-state index is -0.0435. The Morgan fingerprint density at radius 3 is 2.00 bits per heavy atom. The summed E-state index contributed by atoms with van der Waals surface area (Å²) < 4.78 is 0. The highest BCUT2D eigenvalue weighted by Crippen LogP contribution is 2.13. The van der Waals surface area contributed by atoms with Gasteiger partial charge in [-0.15, -0.1) is 0 Å². The summed E-state index contributed by atoms with van der Waals surface area (Å²) in [5.74, 6) is 0.970. The van der Waals surface area contributed by atoms with E-state index in [1.165, 1.54) is 19.8 Å². The number of benzene rings is 1. The van der Waals surface area contributed by atoms with Gasteiger partial charge in [0.2, 0.25) is 0 Å². The number of Topliss-reactive ketones (excluding diaryl/α,β-unsaturated/α-hetero) is 2. The van der Waals surface area contributed by atoms with Crippen LogP contribution in [0.25, 0.3) is 0 Å². The molecule has 0 aromatic heterocycles. The Bertz CT molecular complexity index is 577. The molecule has 0 bridgehead atoms. The number of carbonyl (C=O) groups excluding carboxylic acids is 2. The first kappa shape index (κ1) is 26.4. The number of piperazine rings is 1. The normalized spacial score (nSPS) is 14.8. The molecule has 5 nitrogen and oxygen atoms in total. The lowest BCUT2D eigenvalue weighted by Crippen LogP contribution is -2.44. The molecule has 0 spiro atoms. The Labute approximate surface area is 172 Å². The standard InChI is InChI=1S/C17H24N2O2.C6H14.H3N/c1-14(20)15-6-3-4-7-16(15)17(21)8-5-9-19-12-10-18(2)11-13-19;1-4-6(3)5-2;/h3-4,6-7H,5,8-13H2,1-2H3;6H,4-5H2,1-3H3;1H3. The van der Waals surface area contributed by atoms with Crippen LogP contribution in [0.1, 0.15) is 74.1 Å². The second-order valence-electron chi connectivity index (χ2n) is 7.70. The van der Waals surface area contributed by atoms with Gasteiger partial charge in [0.15, 0.2) is 11.6 Å². The van der Waals surface area contributed by atoms with Gasteiger partial charge in [0.05, 0.1) is 0 Å². The van der Waals surface area contributed by atoms with E-state index in [0.29, 0.717) is 17.5 Å². The van der Waals surface area contributed by atoms with Crippen molar-refractivity contribution in [3.05, 3.63) is 35.4 Å². The first-order chi connectivity index (χ1) is 12.9. The number of likely N-dealkylation sites (N-methyl/N-ethyl adjacent to an activating group) is 1. The Morgan fingerprint density at radius 2 is 1.54 bits per heavy atom. The Hall–Kier alpha value is -1.56. The Balaban J connectivity index is 0.000000910. The summed E-state index contributed by atoms with van der Waals surface area (Å²) in [7, 11) is 2.14. The maximum atomic E-state index is 12.3. The van der Waals surface area contributed by atoms with Crippen molar-refractivity contribution < 1.29 is 9.59 Å². The molecular weight excluding hydrogens is 350 g/mol. The van der Waals surface area contributed by atoms with E-state index in [0.717, 1.165) is 45.1 Å². The van der Waals surface area contributed by atoms with Crippen molar-refractivity contribution in [2.75, 3.05) is 39.8 Å². The summed E-state index contributed by atoms with van der Waals surface area (Å²) in [5.41, 5.74) is 1.12. The van der Waals surface area contributed by atoms with E-state index in [4.69, 9.17) is 0 Å². The van der Waals surface area contributed by atoms with Crippen LogP contribution in [0.5, 0.6) is 0 Å². The van der Waals surface area contributed by atoms with Crippen molar-refractivity contribution in [2.45, 2.75) is 53.4 Å². The highest BCUT2D eigenvalue weighted by molar-refractivity contribution is 6.07. The molecule has 0 radical (unpaired) electrons. The fourth-order valence-electron chi connectivity index (χ4n) is 2.99. The lowest BCUT2D eigenvalue weighted by molar-refractivity contribution is 0.0950. The third-order valence-corrected chi connectivity index (χ3v) is 5.47. The van der Waals surface area contributed by atoms with Crippen molar-refractivity contribution in [1.82, 2.24) is 16.0 Å². The van der Waals surface area contributed by atoms with Crippen LogP contribution in [0, 0.1) is 5.92 Å². The fourth-order valence-corrected chi connectivity index (χ4v) is 2.99. The molecule has 160 valence electrons. The van der Waals surface area contributed by atoms with Crippen LogP contribution in [-0.4, -0.2) is 61.1 Å². The lowest BCUT2D eigenvalue weighted by Gasteiger charge is -2.32. The van der Waals surface area contributed by atoms with E-state index in [-0.39, 0.29) is 17.7 Å². The first-order valence-electron chi connectivity index (χ1n) is 10.4. The average molecular weight is 392 g/mol. The molecular formula is C23H41N3O2. The van der Waals surface area contributed by atoms with Gasteiger partial charge in [-0.2, -0.15) is 0 Å². The van der Waals surface area contributed by atoms with E-state index < -0.39 is 0 Å². The predicted molar refractivity (Wildman–Crippen MR) is 119 cm³/mol. The van der Waals surface area contributed by atoms with Gasteiger partial charge in [-0.1, -0.05) is 57.9 Å². The van der Waals surface area contributed by atoms with Crippen LogP contribution in [0.4, 0.5) is 0 Å². The van der Waals surface area contributed by atoms with E-state index in [2.05, 4.69) is 37.6 Å². The molecule has 2 rings (SSSR count). The number of hydrogen-bond acceptors (Lipinski definition) is 5. The first-order valence-corrected chi connectivity index (χ1v) is 10.4. The summed E-state index contributed by atoms with van der Waals surface area (Å²) in [6.45, 7) is 13.6. The van der Waals surface area contributed by atoms with Crippen molar-refractivity contribution in [1.29, 1.82) is 0 Å². The molecule has 1 aromatic carbocycles. The van der Waals surface area contributed by atoms with E-state index in [1.807, 2.05) is 6.07 Å². The van der Waals surface area contributed by atoms with Gasteiger partial charge in [-0.05, 0) is 32.9 Å². The SMILES string of the molecule is CC(=O)c1ccccc1C(=O)CCCN1CCN(C)CC1.CCC(C)CC.N. The van der Waals surface area contributed by atoms with Gasteiger partial charge in [0, 0.05) is 43.7 Å². The molecule has 0 saturated carbocycles. The van der Waals surface area contributed by atoms with Crippen molar-refractivity contribution in [3.8, 4) is 0 Å². The van der Waals surface area contributed by atoms with Crippen molar-refractivity contribution in [3.63, 3.8) is 0 Å². The molecule has 1 aliphatic rings. The molecule has 3 N–H and O–H groups in total. The summed E-state index contributed by atoms with van der Waals surface area (Å²) in [4.78, 5) is 28.6. The Kier molecular flexibility index (Phi) is 13.6. The lowest BCUT2D eigenvalue weighted by atomic mass is 9.98. The molecule has 0 atom stereocenters. The van der Waals surface area contributed by atoms with Crippen LogP contribution in [0.3, 0.4) is 0 Å². The van der Waals surface area contributed by atoms with E-state index >= 15 is 0 Å². The summed E-state index contributed by atoms with van der Waals surface area (Å²) >= 11 is 0. The third-order valence-electron chi connectivity index (χ3n) is 5.47. The molecule has 1 fully saturated rings. The van der Waals surface area contributed by atoms with Gasteiger partial charge in [-0.25, -0.2) is 0 Å². The maximum absolute atomic E-state index is 12.3. The number of rotatable bonds is 8. The van der Waals surface area contributed by atoms with E-state index in [9.17, 15) is 9.59 Å². The molecule has 0 aliphatic carbocycles. The largest absolute Gasteiger partial charge is 0.344 e. The van der Waals surface area contributed by atoms with Crippen LogP contribution >= 0.6 is 0 Å². The summed E-state index contributed by atoms with van der Waals surface area (Å²) in [5, 5.41) is 0. The fraction of sp³-hybridized carbons (Fsp3) is 0.652. The highest BCUT2D eigenvalue weighted by atomic mass is 16.1. The topological polar surface area (TPSA) is 75.6 Å². The predicted octanol–water partition coefficient (Wildman–Crippen LogP) is 4.70. The molecule has 5 heteroatoms. The average Bonchev–Trinajstić information content (AvgIpc) is 2.69. The summed E-state index contributed by atoms with van der Waals surface area (Å²) in [6, 6.07) is 7.11. The second-order valence-corrected chi connectivity index (χ2v) is 7.70. The van der Waals surface area contributed by atoms with Gasteiger partial charge in [0.25, 0.3) is 0 Å². The van der Waals surface area contributed by atoms with Crippen LogP contribution in [0.2, 0.25) is 0 Å². The van der Waals surface area contributed by atoms with Gasteiger partial charge < -0.3 is 16.0 Å². The maximum Gasteiger partial charge on any atom is 0.163 e. The Morgan fingerprint density at radius 1 is 1.00 bits per heavy atom. The van der Waals surface area contributed by atoms with E-state index in [1.54, 1.807) is 18.2 Å². The minimum absolute atomic E-state index is 0. The molecule has 1 aliphatic heterocycles. The molecule has 0 amide bonds. The highest BCUT2D eigenvalue weighted by Gasteiger charge is 2.16. The van der Waals surface area contributed by atoms with Gasteiger partial charge >= 0.3 is 0 Å². The quantitative estimate of drug-likeness (QED) is 0.650. The van der Waals surface area contributed by atoms with Gasteiger partial charge in [-0.3, -0.25) is 9.59 Å². The van der Waals surface area contributed by atoms with Crippen LogP contribution < -0.4 is 6.15 Å². The molecule has 1 aromatic rings. The second kappa shape index (κ2) is 14.4. The van der Waals surface area contributed by atoms with Crippen molar-refractivity contribution >= 4 is 11.6 Å². The number of ketones is 2. The van der Waals surface area contributed by atoms with Gasteiger partial charge in [0.1, 0.15) is 0 Å². The minimum Gasteiger partial charge on any atom is -0.344 e. The summed E-state index contributed by atoms with van der Waals surface area (Å²) in [6.07, 6.45) is 4.03. The monoisotopic (exact) mass is 391 g/mol. The number of nitrogens with zero attached hydrogens (tertiary/aromatic N) is 2. The van der Waals surface area contributed by atoms with Crippen LogP contribution in [-0.2, 0) is 0 Å². The van der Waals surface area contributed by atoms with Crippen molar-refractivity contribution in [2.24, 2.45) is 5.92 Å². The zero-order chi connectivity index (χ0) is 20.2. The van der Waals surface area contributed by atoms with Crippen LogP contribution in [0.15, 0.2) is 24.3 Å². The smallest absolute Gasteiger partial charge is 0.163 e. The molecule has 1 heterocycles. The molecule has 0 unspecified atom stereocenters. The zero-order valence-electron chi connectivity index (χ0n) is 18.7. The zero-order valence-corrected chi connectivity index (χ0v) is 18.7. The third kappa shape index (κ3) is 9.58. The molecule has 1 saturated heterocycles. The number of carbonyl (C=O) groups is 2. The number of hydrogen-bond donors (Lipinski definition) is 1. The molecule has 28 heavy (non-hydrogen) atoms.